The number of halogens is 1. The second kappa shape index (κ2) is 11.9. The molecule has 3 aromatic carbocycles. The molecule has 9 nitrogen and oxygen atoms in total. The summed E-state index contributed by atoms with van der Waals surface area (Å²) >= 11 is 3.47. The van der Waals surface area contributed by atoms with Crippen LogP contribution in [0, 0.1) is 28.4 Å². The Labute approximate surface area is 216 Å². The van der Waals surface area contributed by atoms with Gasteiger partial charge in [0.15, 0.2) is 11.5 Å². The molecule has 1 amide bonds. The summed E-state index contributed by atoms with van der Waals surface area (Å²) in [5, 5.41) is 23.4. The number of ether oxygens (including phenoxy) is 3. The van der Waals surface area contributed by atoms with E-state index in [9.17, 15) is 20.2 Å². The molecule has 0 saturated carbocycles. The first-order valence-corrected chi connectivity index (χ1v) is 11.4. The van der Waals surface area contributed by atoms with Gasteiger partial charge in [-0.2, -0.15) is 5.26 Å². The van der Waals surface area contributed by atoms with Crippen LogP contribution in [0.5, 0.6) is 17.2 Å². The maximum Gasteiger partial charge on any atom is 0.296 e. The van der Waals surface area contributed by atoms with Gasteiger partial charge in [0.25, 0.3) is 11.6 Å². The highest BCUT2D eigenvalue weighted by Gasteiger charge is 2.20. The van der Waals surface area contributed by atoms with Crippen LogP contribution in [0.2, 0.25) is 0 Å². The van der Waals surface area contributed by atoms with Crippen molar-refractivity contribution in [3.8, 4) is 23.3 Å². The number of aryl methyl sites for hydroxylation is 1. The zero-order chi connectivity index (χ0) is 26.2. The molecule has 36 heavy (non-hydrogen) atoms. The predicted molar refractivity (Wildman–Crippen MR) is 138 cm³/mol. The largest absolute Gasteiger partial charge is 0.496 e. The zero-order valence-corrected chi connectivity index (χ0v) is 21.3. The Morgan fingerprint density at radius 1 is 1.17 bits per heavy atom. The minimum absolute atomic E-state index is 0.0642. The Kier molecular flexibility index (Phi) is 8.65. The number of nitro groups is 1. The highest BCUT2D eigenvalue weighted by molar-refractivity contribution is 9.10. The van der Waals surface area contributed by atoms with Gasteiger partial charge in [0.1, 0.15) is 29.7 Å². The smallest absolute Gasteiger partial charge is 0.296 e. The van der Waals surface area contributed by atoms with Crippen molar-refractivity contribution in [3.05, 3.63) is 91.4 Å². The molecule has 0 aliphatic rings. The van der Waals surface area contributed by atoms with Gasteiger partial charge in [0.05, 0.1) is 29.7 Å². The van der Waals surface area contributed by atoms with Crippen molar-refractivity contribution in [1.82, 2.24) is 0 Å². The second-order valence-electron chi connectivity index (χ2n) is 7.51. The lowest BCUT2D eigenvalue weighted by molar-refractivity contribution is -0.384. The van der Waals surface area contributed by atoms with Crippen LogP contribution in [0.3, 0.4) is 0 Å². The van der Waals surface area contributed by atoms with E-state index in [-0.39, 0.29) is 22.7 Å². The molecule has 0 aliphatic carbocycles. The molecule has 0 atom stereocenters. The molecule has 0 spiro atoms. The summed E-state index contributed by atoms with van der Waals surface area (Å²) in [4.78, 5) is 23.5. The van der Waals surface area contributed by atoms with Crippen LogP contribution in [0.25, 0.3) is 6.08 Å². The molecule has 0 heterocycles. The summed E-state index contributed by atoms with van der Waals surface area (Å²) in [6, 6.07) is 17.0. The first-order valence-electron chi connectivity index (χ1n) is 10.6. The Bertz CT molecular complexity index is 1380. The van der Waals surface area contributed by atoms with Gasteiger partial charge >= 0.3 is 0 Å². The maximum absolute atomic E-state index is 12.8. The van der Waals surface area contributed by atoms with E-state index in [1.165, 1.54) is 38.5 Å². The van der Waals surface area contributed by atoms with Gasteiger partial charge in [-0.25, -0.2) is 0 Å². The van der Waals surface area contributed by atoms with Crippen molar-refractivity contribution < 1.29 is 23.9 Å². The topological polar surface area (TPSA) is 124 Å². The van der Waals surface area contributed by atoms with E-state index in [1.807, 2.05) is 37.3 Å². The van der Waals surface area contributed by atoms with Gasteiger partial charge in [0.2, 0.25) is 0 Å². The normalized spacial score (nSPS) is 10.8. The minimum Gasteiger partial charge on any atom is -0.496 e. The molecule has 184 valence electrons. The molecule has 1 N–H and O–H groups in total. The fraction of sp³-hybridized carbons (Fsp3) is 0.154. The number of anilines is 1. The van der Waals surface area contributed by atoms with E-state index in [4.69, 9.17) is 14.2 Å². The van der Waals surface area contributed by atoms with Gasteiger partial charge in [0, 0.05) is 0 Å². The van der Waals surface area contributed by atoms with Crippen molar-refractivity contribution >= 4 is 39.3 Å². The van der Waals surface area contributed by atoms with Crippen molar-refractivity contribution in [2.24, 2.45) is 0 Å². The number of methoxy groups -OCH3 is 2. The number of nitrogens with zero attached hydrogens (tertiary/aromatic N) is 2. The lowest BCUT2D eigenvalue weighted by Crippen LogP contribution is -2.14. The molecule has 3 rings (SSSR count). The first kappa shape index (κ1) is 26.2. The number of nitriles is 1. The number of amides is 1. The number of nitrogens with one attached hydrogen (secondary N) is 1. The SMILES string of the molecule is COc1ccc(NC(=O)/C(C#N)=C/c2cc(Br)c(OCc3ccccc3C)c(OC)c2)c([N+](=O)[O-])c1. The number of hydrogen-bond donors (Lipinski definition) is 1. The fourth-order valence-corrected chi connectivity index (χ4v) is 3.86. The van der Waals surface area contributed by atoms with E-state index >= 15 is 0 Å². The van der Waals surface area contributed by atoms with Gasteiger partial charge in [-0.15, -0.1) is 0 Å². The van der Waals surface area contributed by atoms with Crippen LogP contribution in [0.1, 0.15) is 16.7 Å². The van der Waals surface area contributed by atoms with Crippen LogP contribution < -0.4 is 19.5 Å². The Hall–Kier alpha value is -4.36. The van der Waals surface area contributed by atoms with E-state index < -0.39 is 10.8 Å². The molecule has 0 saturated heterocycles. The number of hydrogen-bond acceptors (Lipinski definition) is 7. The van der Waals surface area contributed by atoms with Gasteiger partial charge in [-0.1, -0.05) is 24.3 Å². The predicted octanol–water partition coefficient (Wildman–Crippen LogP) is 5.81. The van der Waals surface area contributed by atoms with Crippen molar-refractivity contribution in [1.29, 1.82) is 5.26 Å². The van der Waals surface area contributed by atoms with E-state index in [1.54, 1.807) is 12.1 Å². The summed E-state index contributed by atoms with van der Waals surface area (Å²) in [6.45, 7) is 2.32. The summed E-state index contributed by atoms with van der Waals surface area (Å²) in [6.07, 6.45) is 1.35. The third kappa shape index (κ3) is 6.20. The van der Waals surface area contributed by atoms with Gasteiger partial charge in [-0.05, 0) is 69.9 Å². The van der Waals surface area contributed by atoms with Gasteiger partial charge in [-0.3, -0.25) is 14.9 Å². The molecule has 0 fully saturated rings. The molecular weight excluding hydrogens is 530 g/mol. The van der Waals surface area contributed by atoms with Crippen molar-refractivity contribution in [2.45, 2.75) is 13.5 Å². The molecule has 0 aromatic heterocycles. The average Bonchev–Trinajstić information content (AvgIpc) is 2.87. The molecular formula is C26H22BrN3O6. The number of carbonyl (C=O) groups is 1. The van der Waals surface area contributed by atoms with E-state index in [0.29, 0.717) is 28.1 Å². The average molecular weight is 552 g/mol. The highest BCUT2D eigenvalue weighted by Crippen LogP contribution is 2.38. The highest BCUT2D eigenvalue weighted by atomic mass is 79.9. The Morgan fingerprint density at radius 3 is 2.56 bits per heavy atom. The van der Waals surface area contributed by atoms with E-state index in [2.05, 4.69) is 21.2 Å². The van der Waals surface area contributed by atoms with Crippen LogP contribution in [-0.2, 0) is 11.4 Å². The van der Waals surface area contributed by atoms with Crippen LogP contribution in [-0.4, -0.2) is 25.1 Å². The fourth-order valence-electron chi connectivity index (χ4n) is 3.29. The maximum atomic E-state index is 12.8. The molecule has 0 radical (unpaired) electrons. The molecule has 0 aliphatic heterocycles. The zero-order valence-electron chi connectivity index (χ0n) is 19.7. The number of benzene rings is 3. The summed E-state index contributed by atoms with van der Waals surface area (Å²) < 4.78 is 17.0. The standard InChI is InChI=1S/C26H22BrN3O6/c1-16-6-4-5-7-18(16)15-36-25-21(27)11-17(12-24(25)35-3)10-19(14-28)26(31)29-22-9-8-20(34-2)13-23(22)30(32)33/h4-13H,15H2,1-3H3,(H,29,31)/b19-10+. The third-order valence-corrected chi connectivity index (χ3v) is 5.80. The molecule has 3 aromatic rings. The third-order valence-electron chi connectivity index (χ3n) is 5.21. The summed E-state index contributed by atoms with van der Waals surface area (Å²) in [5.41, 5.74) is 1.91. The lowest BCUT2D eigenvalue weighted by Gasteiger charge is -2.14. The summed E-state index contributed by atoms with van der Waals surface area (Å²) in [5.74, 6) is 0.320. The number of carbonyl (C=O) groups excluding carboxylic acids is 1. The minimum atomic E-state index is -0.805. The number of nitro benzene ring substituents is 1. The summed E-state index contributed by atoms with van der Waals surface area (Å²) in [7, 11) is 2.86. The van der Waals surface area contributed by atoms with Crippen LogP contribution in [0.15, 0.2) is 64.6 Å². The van der Waals surface area contributed by atoms with Crippen molar-refractivity contribution in [3.63, 3.8) is 0 Å². The number of rotatable bonds is 9. The first-order chi connectivity index (χ1) is 17.3. The lowest BCUT2D eigenvalue weighted by atomic mass is 10.1. The van der Waals surface area contributed by atoms with E-state index in [0.717, 1.165) is 11.1 Å². The molecule has 0 bridgehead atoms. The quantitative estimate of drug-likeness (QED) is 0.154. The van der Waals surface area contributed by atoms with Crippen LogP contribution >= 0.6 is 15.9 Å². The Morgan fingerprint density at radius 2 is 1.92 bits per heavy atom. The van der Waals surface area contributed by atoms with Gasteiger partial charge < -0.3 is 19.5 Å². The molecule has 10 heteroatoms. The Balaban J connectivity index is 1.86. The van der Waals surface area contributed by atoms with Crippen molar-refractivity contribution in [2.75, 3.05) is 19.5 Å². The monoisotopic (exact) mass is 551 g/mol. The second-order valence-corrected chi connectivity index (χ2v) is 8.37. The van der Waals surface area contributed by atoms with Crippen LogP contribution in [0.4, 0.5) is 11.4 Å². The molecule has 0 unspecified atom stereocenters.